The first kappa shape index (κ1) is 16.3. The number of hydrogen-bond donors (Lipinski definition) is 1. The molecule has 0 bridgehead atoms. The van der Waals surface area contributed by atoms with Crippen LogP contribution in [-0.4, -0.2) is 25.3 Å². The molecule has 0 saturated carbocycles. The molecule has 0 amide bonds. The SMILES string of the molecule is CCCNC(Cc1ccc(C(F)(F)F)cc1)C1CCCO1. The van der Waals surface area contributed by atoms with Gasteiger partial charge in [0, 0.05) is 12.6 Å². The predicted octanol–water partition coefficient (Wildman–Crippen LogP) is 3.80. The van der Waals surface area contributed by atoms with Crippen LogP contribution in [0.4, 0.5) is 13.2 Å². The molecule has 0 aliphatic carbocycles. The van der Waals surface area contributed by atoms with Crippen molar-refractivity contribution in [1.29, 1.82) is 0 Å². The van der Waals surface area contributed by atoms with E-state index in [1.54, 1.807) is 12.1 Å². The van der Waals surface area contributed by atoms with Gasteiger partial charge in [-0.2, -0.15) is 13.2 Å². The second kappa shape index (κ2) is 7.27. The van der Waals surface area contributed by atoms with E-state index < -0.39 is 11.7 Å². The zero-order valence-corrected chi connectivity index (χ0v) is 12.2. The Balaban J connectivity index is 2.01. The van der Waals surface area contributed by atoms with E-state index in [0.29, 0.717) is 6.42 Å². The van der Waals surface area contributed by atoms with Gasteiger partial charge in [0.15, 0.2) is 0 Å². The van der Waals surface area contributed by atoms with Crippen LogP contribution < -0.4 is 5.32 Å². The summed E-state index contributed by atoms with van der Waals surface area (Å²) in [4.78, 5) is 0. The monoisotopic (exact) mass is 301 g/mol. The van der Waals surface area contributed by atoms with E-state index in [9.17, 15) is 13.2 Å². The molecule has 1 heterocycles. The minimum Gasteiger partial charge on any atom is -0.377 e. The minimum absolute atomic E-state index is 0.166. The number of halogens is 3. The predicted molar refractivity (Wildman–Crippen MR) is 76.2 cm³/mol. The van der Waals surface area contributed by atoms with Gasteiger partial charge in [-0.3, -0.25) is 0 Å². The van der Waals surface area contributed by atoms with Gasteiger partial charge >= 0.3 is 6.18 Å². The second-order valence-corrected chi connectivity index (χ2v) is 5.51. The maximum atomic E-state index is 12.6. The zero-order valence-electron chi connectivity index (χ0n) is 12.2. The molecule has 2 rings (SSSR count). The Morgan fingerprint density at radius 1 is 1.29 bits per heavy atom. The van der Waals surface area contributed by atoms with Crippen LogP contribution in [0.5, 0.6) is 0 Å². The number of ether oxygens (including phenoxy) is 1. The van der Waals surface area contributed by atoms with Crippen LogP contribution >= 0.6 is 0 Å². The van der Waals surface area contributed by atoms with Gasteiger partial charge in [-0.1, -0.05) is 19.1 Å². The third-order valence-electron chi connectivity index (χ3n) is 3.81. The summed E-state index contributed by atoms with van der Waals surface area (Å²) in [7, 11) is 0. The highest BCUT2D eigenvalue weighted by Gasteiger charge is 2.30. The average molecular weight is 301 g/mol. The van der Waals surface area contributed by atoms with Crippen LogP contribution in [0.3, 0.4) is 0 Å². The Morgan fingerprint density at radius 2 is 2.00 bits per heavy atom. The molecule has 1 aromatic carbocycles. The van der Waals surface area contributed by atoms with Crippen molar-refractivity contribution in [3.8, 4) is 0 Å². The van der Waals surface area contributed by atoms with Crippen LogP contribution in [0.25, 0.3) is 0 Å². The first-order valence-electron chi connectivity index (χ1n) is 7.52. The van der Waals surface area contributed by atoms with Gasteiger partial charge in [0.25, 0.3) is 0 Å². The highest BCUT2D eigenvalue weighted by Crippen LogP contribution is 2.29. The van der Waals surface area contributed by atoms with Crippen molar-refractivity contribution in [2.45, 2.75) is 50.9 Å². The highest BCUT2D eigenvalue weighted by atomic mass is 19.4. The van der Waals surface area contributed by atoms with E-state index in [1.807, 2.05) is 0 Å². The van der Waals surface area contributed by atoms with Gasteiger partial charge in [0.2, 0.25) is 0 Å². The maximum absolute atomic E-state index is 12.6. The molecule has 21 heavy (non-hydrogen) atoms. The van der Waals surface area contributed by atoms with Crippen LogP contribution in [0.15, 0.2) is 24.3 Å². The minimum atomic E-state index is -4.27. The summed E-state index contributed by atoms with van der Waals surface area (Å²) in [5, 5.41) is 3.46. The van der Waals surface area contributed by atoms with Gasteiger partial charge in [0.1, 0.15) is 0 Å². The van der Waals surface area contributed by atoms with Crippen molar-refractivity contribution in [3.05, 3.63) is 35.4 Å². The molecule has 2 atom stereocenters. The summed E-state index contributed by atoms with van der Waals surface area (Å²) in [6, 6.07) is 5.62. The number of hydrogen-bond acceptors (Lipinski definition) is 2. The van der Waals surface area contributed by atoms with E-state index >= 15 is 0 Å². The molecule has 0 spiro atoms. The molecule has 1 aliphatic rings. The fourth-order valence-electron chi connectivity index (χ4n) is 2.67. The number of benzene rings is 1. The third kappa shape index (κ3) is 4.71. The number of rotatable bonds is 6. The summed E-state index contributed by atoms with van der Waals surface area (Å²) in [6.07, 6.45) is -0.311. The normalized spacial score (nSPS) is 20.7. The maximum Gasteiger partial charge on any atom is 0.416 e. The van der Waals surface area contributed by atoms with E-state index in [0.717, 1.165) is 50.1 Å². The molecule has 1 aliphatic heterocycles. The van der Waals surface area contributed by atoms with E-state index in [2.05, 4.69) is 12.2 Å². The highest BCUT2D eigenvalue weighted by molar-refractivity contribution is 5.25. The van der Waals surface area contributed by atoms with Crippen molar-refractivity contribution in [1.82, 2.24) is 5.32 Å². The van der Waals surface area contributed by atoms with Gasteiger partial charge in [-0.15, -0.1) is 0 Å². The van der Waals surface area contributed by atoms with E-state index in [4.69, 9.17) is 4.74 Å². The Kier molecular flexibility index (Phi) is 5.65. The summed E-state index contributed by atoms with van der Waals surface area (Å²) >= 11 is 0. The Labute approximate surface area is 123 Å². The lowest BCUT2D eigenvalue weighted by Crippen LogP contribution is -2.41. The first-order chi connectivity index (χ1) is 10.0. The van der Waals surface area contributed by atoms with Gasteiger partial charge in [-0.05, 0) is 49.9 Å². The molecule has 1 fully saturated rings. The van der Waals surface area contributed by atoms with E-state index in [-0.39, 0.29) is 12.1 Å². The van der Waals surface area contributed by atoms with Gasteiger partial charge < -0.3 is 10.1 Å². The third-order valence-corrected chi connectivity index (χ3v) is 3.81. The smallest absolute Gasteiger partial charge is 0.377 e. The summed E-state index contributed by atoms with van der Waals surface area (Å²) in [6.45, 7) is 3.77. The quantitative estimate of drug-likeness (QED) is 0.863. The molecule has 1 saturated heterocycles. The lowest BCUT2D eigenvalue weighted by atomic mass is 9.98. The van der Waals surface area contributed by atoms with Crippen LogP contribution in [0.1, 0.15) is 37.3 Å². The first-order valence-corrected chi connectivity index (χ1v) is 7.52. The van der Waals surface area contributed by atoms with Gasteiger partial charge in [-0.25, -0.2) is 0 Å². The average Bonchev–Trinajstić information content (AvgIpc) is 2.97. The van der Waals surface area contributed by atoms with Crippen molar-refractivity contribution in [3.63, 3.8) is 0 Å². The van der Waals surface area contributed by atoms with Gasteiger partial charge in [0.05, 0.1) is 11.7 Å². The van der Waals surface area contributed by atoms with Crippen LogP contribution in [0.2, 0.25) is 0 Å². The molecule has 5 heteroatoms. The second-order valence-electron chi connectivity index (χ2n) is 5.51. The lowest BCUT2D eigenvalue weighted by molar-refractivity contribution is -0.137. The fraction of sp³-hybridized carbons (Fsp3) is 0.625. The Hall–Kier alpha value is -1.07. The summed E-state index contributed by atoms with van der Waals surface area (Å²) in [5.41, 5.74) is 0.313. The lowest BCUT2D eigenvalue weighted by Gasteiger charge is -2.24. The Morgan fingerprint density at radius 3 is 2.52 bits per heavy atom. The fourth-order valence-corrected chi connectivity index (χ4v) is 2.67. The molecule has 1 aromatic rings. The molecule has 118 valence electrons. The molecule has 2 unspecified atom stereocenters. The number of nitrogens with one attached hydrogen (secondary N) is 1. The molecule has 2 nitrogen and oxygen atoms in total. The van der Waals surface area contributed by atoms with Crippen molar-refractivity contribution in [2.75, 3.05) is 13.2 Å². The summed E-state index contributed by atoms with van der Waals surface area (Å²) in [5.74, 6) is 0. The molecule has 1 N–H and O–H groups in total. The molecular weight excluding hydrogens is 279 g/mol. The van der Waals surface area contributed by atoms with Crippen molar-refractivity contribution < 1.29 is 17.9 Å². The van der Waals surface area contributed by atoms with E-state index in [1.165, 1.54) is 0 Å². The van der Waals surface area contributed by atoms with Crippen LogP contribution in [-0.2, 0) is 17.3 Å². The molecular formula is C16H22F3NO. The molecule has 0 radical (unpaired) electrons. The van der Waals surface area contributed by atoms with Crippen LogP contribution in [0, 0.1) is 0 Å². The topological polar surface area (TPSA) is 21.3 Å². The van der Waals surface area contributed by atoms with Crippen molar-refractivity contribution >= 4 is 0 Å². The standard InChI is InChI=1S/C16H22F3NO/c1-2-9-20-14(15-4-3-10-21-15)11-12-5-7-13(8-6-12)16(17,18)19/h5-8,14-15,20H,2-4,9-11H2,1H3. The number of alkyl halides is 3. The zero-order chi connectivity index (χ0) is 15.3. The molecule has 0 aromatic heterocycles. The Bertz CT molecular complexity index is 424. The van der Waals surface area contributed by atoms with Crippen molar-refractivity contribution in [2.24, 2.45) is 0 Å². The summed E-state index contributed by atoms with van der Waals surface area (Å²) < 4.78 is 43.4. The largest absolute Gasteiger partial charge is 0.416 e.